The van der Waals surface area contributed by atoms with Crippen molar-refractivity contribution in [2.75, 3.05) is 0 Å². The summed E-state index contributed by atoms with van der Waals surface area (Å²) in [6, 6.07) is 7.12. The second-order valence-corrected chi connectivity index (χ2v) is 7.83. The van der Waals surface area contributed by atoms with E-state index in [1.165, 1.54) is 6.42 Å². The normalized spacial score (nSPS) is 31.6. The molecule has 2 saturated carbocycles. The van der Waals surface area contributed by atoms with E-state index in [4.69, 9.17) is 4.84 Å². The minimum atomic E-state index is -0.390. The standard InChI is InChI=1S/C17H20BrNO2/c1-16(2)12-8-9-17(16,3)14(10-12)19-21-15(20)11-4-6-13(18)7-5-11/h4-7,12H,8-10H2,1-3H3/b19-14-/t12-,17+/m0/s1. The fourth-order valence-electron chi connectivity index (χ4n) is 3.80. The van der Waals surface area contributed by atoms with Gasteiger partial charge in [-0.05, 0) is 54.9 Å². The van der Waals surface area contributed by atoms with Gasteiger partial charge in [-0.25, -0.2) is 4.79 Å². The highest BCUT2D eigenvalue weighted by molar-refractivity contribution is 9.10. The first-order chi connectivity index (χ1) is 9.84. The topological polar surface area (TPSA) is 38.7 Å². The molecule has 112 valence electrons. The number of hydrogen-bond acceptors (Lipinski definition) is 3. The van der Waals surface area contributed by atoms with E-state index >= 15 is 0 Å². The van der Waals surface area contributed by atoms with Gasteiger partial charge in [-0.2, -0.15) is 0 Å². The quantitative estimate of drug-likeness (QED) is 0.567. The van der Waals surface area contributed by atoms with E-state index in [-0.39, 0.29) is 16.8 Å². The molecule has 3 nitrogen and oxygen atoms in total. The zero-order valence-electron chi connectivity index (χ0n) is 12.6. The van der Waals surface area contributed by atoms with Gasteiger partial charge in [-0.3, -0.25) is 0 Å². The number of rotatable bonds is 2. The Balaban J connectivity index is 1.76. The largest absolute Gasteiger partial charge is 0.365 e. The van der Waals surface area contributed by atoms with E-state index in [1.807, 2.05) is 12.1 Å². The van der Waals surface area contributed by atoms with Crippen LogP contribution < -0.4 is 0 Å². The molecule has 2 aliphatic rings. The highest BCUT2D eigenvalue weighted by Gasteiger charge is 2.60. The Kier molecular flexibility index (Phi) is 3.47. The van der Waals surface area contributed by atoms with Crippen molar-refractivity contribution in [3.05, 3.63) is 34.3 Å². The molecular weight excluding hydrogens is 330 g/mol. The van der Waals surface area contributed by atoms with Gasteiger partial charge in [0.15, 0.2) is 0 Å². The Morgan fingerprint density at radius 2 is 1.95 bits per heavy atom. The van der Waals surface area contributed by atoms with Crippen LogP contribution in [0.4, 0.5) is 0 Å². The van der Waals surface area contributed by atoms with E-state index in [9.17, 15) is 4.79 Å². The summed E-state index contributed by atoms with van der Waals surface area (Å²) < 4.78 is 0.938. The molecule has 1 aromatic rings. The summed E-state index contributed by atoms with van der Waals surface area (Å²) >= 11 is 3.35. The molecule has 0 amide bonds. The smallest absolute Gasteiger partial charge is 0.313 e. The summed E-state index contributed by atoms with van der Waals surface area (Å²) in [6.07, 6.45) is 3.35. The van der Waals surface area contributed by atoms with Crippen LogP contribution in [0.2, 0.25) is 0 Å². The highest BCUT2D eigenvalue weighted by Crippen LogP contribution is 2.63. The molecule has 0 heterocycles. The summed E-state index contributed by atoms with van der Waals surface area (Å²) in [7, 11) is 0. The van der Waals surface area contributed by atoms with Crippen molar-refractivity contribution in [3.8, 4) is 0 Å². The van der Waals surface area contributed by atoms with Crippen LogP contribution in [-0.2, 0) is 4.84 Å². The molecule has 3 rings (SSSR count). The molecule has 0 aliphatic heterocycles. The minimum Gasteiger partial charge on any atom is -0.313 e. The molecule has 1 aromatic carbocycles. The van der Waals surface area contributed by atoms with Crippen LogP contribution in [0.5, 0.6) is 0 Å². The van der Waals surface area contributed by atoms with E-state index in [2.05, 4.69) is 41.9 Å². The van der Waals surface area contributed by atoms with Crippen molar-refractivity contribution in [3.63, 3.8) is 0 Å². The number of oxime groups is 1. The molecule has 2 fully saturated rings. The number of nitrogens with zero attached hydrogens (tertiary/aromatic N) is 1. The van der Waals surface area contributed by atoms with Crippen molar-refractivity contribution in [2.24, 2.45) is 21.9 Å². The number of carbonyl (C=O) groups excluding carboxylic acids is 1. The predicted molar refractivity (Wildman–Crippen MR) is 86.2 cm³/mol. The molecule has 2 atom stereocenters. The average molecular weight is 350 g/mol. The summed E-state index contributed by atoms with van der Waals surface area (Å²) in [5.41, 5.74) is 1.89. The molecule has 2 bridgehead atoms. The second-order valence-electron chi connectivity index (χ2n) is 6.92. The average Bonchev–Trinajstić information content (AvgIpc) is 2.78. The summed E-state index contributed by atoms with van der Waals surface area (Å²) in [4.78, 5) is 17.2. The number of halogens is 1. The molecule has 0 spiro atoms. The van der Waals surface area contributed by atoms with E-state index in [1.54, 1.807) is 12.1 Å². The van der Waals surface area contributed by atoms with Gasteiger partial charge >= 0.3 is 5.97 Å². The van der Waals surface area contributed by atoms with Crippen LogP contribution in [0.1, 0.15) is 50.4 Å². The second kappa shape index (κ2) is 4.94. The zero-order chi connectivity index (χ0) is 15.3. The van der Waals surface area contributed by atoms with Gasteiger partial charge in [0.1, 0.15) is 0 Å². The third-order valence-corrected chi connectivity index (χ3v) is 6.36. The lowest BCUT2D eigenvalue weighted by atomic mass is 9.70. The predicted octanol–water partition coefficient (Wildman–Crippen LogP) is 4.81. The molecule has 0 saturated heterocycles. The number of fused-ring (bicyclic) bond motifs is 2. The fourth-order valence-corrected chi connectivity index (χ4v) is 4.07. The molecular formula is C17H20BrNO2. The van der Waals surface area contributed by atoms with E-state index < -0.39 is 0 Å². The maximum atomic E-state index is 12.0. The minimum absolute atomic E-state index is 0.0671. The maximum absolute atomic E-state index is 12.0. The molecule has 0 unspecified atom stereocenters. The molecule has 4 heteroatoms. The maximum Gasteiger partial charge on any atom is 0.365 e. The SMILES string of the molecule is CC1(C)[C@H]2CC[C@]1(C)/C(=N\OC(=O)c1ccc(Br)cc1)C2. The van der Waals surface area contributed by atoms with Gasteiger partial charge in [-0.1, -0.05) is 41.9 Å². The summed E-state index contributed by atoms with van der Waals surface area (Å²) in [5.74, 6) is 0.270. The Hall–Kier alpha value is -1.16. The zero-order valence-corrected chi connectivity index (χ0v) is 14.2. The van der Waals surface area contributed by atoms with Gasteiger partial charge in [0.05, 0.1) is 11.3 Å². The first-order valence-corrected chi connectivity index (χ1v) is 8.18. The lowest BCUT2D eigenvalue weighted by molar-refractivity contribution is 0.0508. The molecule has 0 N–H and O–H groups in total. The van der Waals surface area contributed by atoms with Crippen LogP contribution in [0, 0.1) is 16.7 Å². The van der Waals surface area contributed by atoms with Crippen LogP contribution in [0.15, 0.2) is 33.9 Å². The third kappa shape index (κ3) is 2.24. The number of hydrogen-bond donors (Lipinski definition) is 0. The first kappa shape index (κ1) is 14.8. The van der Waals surface area contributed by atoms with Crippen molar-refractivity contribution >= 4 is 27.6 Å². The fraction of sp³-hybridized carbons (Fsp3) is 0.529. The molecule has 2 aliphatic carbocycles. The monoisotopic (exact) mass is 349 g/mol. The van der Waals surface area contributed by atoms with Crippen LogP contribution >= 0.6 is 15.9 Å². The van der Waals surface area contributed by atoms with Crippen LogP contribution in [0.3, 0.4) is 0 Å². The molecule has 21 heavy (non-hydrogen) atoms. The van der Waals surface area contributed by atoms with Crippen molar-refractivity contribution < 1.29 is 9.63 Å². The first-order valence-electron chi connectivity index (χ1n) is 7.39. The number of carbonyl (C=O) groups is 1. The highest BCUT2D eigenvalue weighted by atomic mass is 79.9. The Morgan fingerprint density at radius 1 is 1.29 bits per heavy atom. The Bertz CT molecular complexity index is 606. The third-order valence-electron chi connectivity index (χ3n) is 5.83. The van der Waals surface area contributed by atoms with Crippen molar-refractivity contribution in [2.45, 2.75) is 40.0 Å². The van der Waals surface area contributed by atoms with Gasteiger partial charge in [0, 0.05) is 9.89 Å². The lowest BCUT2D eigenvalue weighted by Gasteiger charge is -2.34. The van der Waals surface area contributed by atoms with Crippen molar-refractivity contribution in [1.29, 1.82) is 0 Å². The summed E-state index contributed by atoms with van der Waals surface area (Å²) in [5, 5.41) is 4.23. The van der Waals surface area contributed by atoms with Crippen LogP contribution in [-0.4, -0.2) is 11.7 Å². The van der Waals surface area contributed by atoms with Crippen molar-refractivity contribution in [1.82, 2.24) is 0 Å². The van der Waals surface area contributed by atoms with Gasteiger partial charge < -0.3 is 4.84 Å². The lowest BCUT2D eigenvalue weighted by Crippen LogP contribution is -2.32. The molecule has 0 radical (unpaired) electrons. The number of benzene rings is 1. The van der Waals surface area contributed by atoms with E-state index in [0.29, 0.717) is 11.5 Å². The van der Waals surface area contributed by atoms with E-state index in [0.717, 1.165) is 23.0 Å². The van der Waals surface area contributed by atoms with Gasteiger partial charge in [0.25, 0.3) is 0 Å². The summed E-state index contributed by atoms with van der Waals surface area (Å²) in [6.45, 7) is 6.87. The van der Waals surface area contributed by atoms with Gasteiger partial charge in [0.2, 0.25) is 0 Å². The van der Waals surface area contributed by atoms with Crippen LogP contribution in [0.25, 0.3) is 0 Å². The van der Waals surface area contributed by atoms with Gasteiger partial charge in [-0.15, -0.1) is 0 Å². The Labute approximate surface area is 133 Å². The molecule has 0 aromatic heterocycles. The Morgan fingerprint density at radius 3 is 2.48 bits per heavy atom.